The van der Waals surface area contributed by atoms with Crippen LogP contribution in [0.5, 0.6) is 0 Å². The zero-order chi connectivity index (χ0) is 20.5. The van der Waals surface area contributed by atoms with Crippen LogP contribution < -0.4 is 15.9 Å². The molecule has 0 aliphatic rings. The van der Waals surface area contributed by atoms with Gasteiger partial charge in [0, 0.05) is 11.3 Å². The van der Waals surface area contributed by atoms with Crippen molar-refractivity contribution < 1.29 is 12.7 Å². The molecule has 0 fully saturated rings. The average molecular weight is 483 g/mol. The van der Waals surface area contributed by atoms with E-state index in [1.54, 1.807) is 0 Å². The molecule has 150 valence electrons. The molecule has 5 heteroatoms. The van der Waals surface area contributed by atoms with Gasteiger partial charge in [-0.2, -0.15) is 0 Å². The molecule has 0 aliphatic heterocycles. The van der Waals surface area contributed by atoms with E-state index in [0.29, 0.717) is 12.7 Å². The maximum absolute atomic E-state index is 4.78. The van der Waals surface area contributed by atoms with Crippen molar-refractivity contribution in [3.8, 4) is 11.3 Å². The molecule has 1 aromatic heterocycles. The zero-order valence-corrected chi connectivity index (χ0v) is 19.2. The minimum atomic E-state index is -0.640. The Labute approximate surface area is 188 Å². The fourth-order valence-corrected chi connectivity index (χ4v) is 5.62. The molecular formula is C24H20Cl2NNiP. The van der Waals surface area contributed by atoms with Crippen molar-refractivity contribution >= 4 is 44.2 Å². The Balaban J connectivity index is 0.000000755. The van der Waals surface area contributed by atoms with Gasteiger partial charge in [0.05, 0.1) is 5.69 Å². The van der Waals surface area contributed by atoms with Gasteiger partial charge >= 0.3 is 33.0 Å². The molecule has 4 rings (SSSR count). The summed E-state index contributed by atoms with van der Waals surface area (Å²) in [7, 11) is 8.76. The molecule has 0 N–H and O–H groups in total. The normalized spacial score (nSPS) is 10.5. The van der Waals surface area contributed by atoms with Gasteiger partial charge in [-0.05, 0) is 42.9 Å². The van der Waals surface area contributed by atoms with Crippen molar-refractivity contribution in [2.75, 3.05) is 0 Å². The predicted octanol–water partition coefficient (Wildman–Crippen LogP) is 6.19. The molecule has 0 aliphatic carbocycles. The van der Waals surface area contributed by atoms with Crippen LogP contribution in [-0.2, 0) is 12.7 Å². The number of nitrogens with zero attached hydrogens (tertiary/aromatic N) is 1. The summed E-state index contributed by atoms with van der Waals surface area (Å²) in [6.45, 7) is 2.04. The second kappa shape index (κ2) is 11.5. The molecule has 1 heterocycles. The summed E-state index contributed by atoms with van der Waals surface area (Å²) >= 11 is 0.569. The van der Waals surface area contributed by atoms with Crippen LogP contribution in [0.1, 0.15) is 5.69 Å². The molecule has 0 atom stereocenters. The Morgan fingerprint density at radius 3 is 1.72 bits per heavy atom. The van der Waals surface area contributed by atoms with E-state index >= 15 is 0 Å². The summed E-state index contributed by atoms with van der Waals surface area (Å²) < 4.78 is 0. The minimum absolute atomic E-state index is 0.569. The number of hydrogen-bond donors (Lipinski definition) is 0. The van der Waals surface area contributed by atoms with E-state index in [1.807, 2.05) is 13.0 Å². The zero-order valence-electron chi connectivity index (χ0n) is 15.8. The molecule has 0 amide bonds. The predicted molar refractivity (Wildman–Crippen MR) is 125 cm³/mol. The molecule has 1 nitrogen and oxygen atoms in total. The number of halogens is 2. The second-order valence-electron chi connectivity index (χ2n) is 6.23. The van der Waals surface area contributed by atoms with Crippen molar-refractivity contribution in [1.29, 1.82) is 0 Å². The van der Waals surface area contributed by atoms with Gasteiger partial charge in [0.1, 0.15) is 0 Å². The van der Waals surface area contributed by atoms with Crippen LogP contribution in [-0.4, -0.2) is 4.98 Å². The summed E-state index contributed by atoms with van der Waals surface area (Å²) in [5.74, 6) is 0. The Morgan fingerprint density at radius 1 is 0.655 bits per heavy atom. The molecule has 0 radical (unpaired) electrons. The molecule has 0 spiro atoms. The number of hydrogen-bond acceptors (Lipinski definition) is 1. The van der Waals surface area contributed by atoms with Gasteiger partial charge in [-0.3, -0.25) is 4.98 Å². The monoisotopic (exact) mass is 481 g/mol. The van der Waals surface area contributed by atoms with Crippen LogP contribution in [0.2, 0.25) is 0 Å². The molecule has 0 bridgehead atoms. The summed E-state index contributed by atoms with van der Waals surface area (Å²) in [6.07, 6.45) is 0. The topological polar surface area (TPSA) is 12.9 Å². The summed E-state index contributed by atoms with van der Waals surface area (Å²) in [5.41, 5.74) is 3.30. The van der Waals surface area contributed by atoms with Gasteiger partial charge < -0.3 is 0 Å². The Hall–Kier alpha value is -1.69. The summed E-state index contributed by atoms with van der Waals surface area (Å²) in [5, 5.41) is 4.06. The molecule has 0 saturated carbocycles. The first-order valence-corrected chi connectivity index (χ1v) is 13.1. The van der Waals surface area contributed by atoms with E-state index in [4.69, 9.17) is 25.4 Å². The van der Waals surface area contributed by atoms with E-state index in [0.717, 1.165) is 11.4 Å². The van der Waals surface area contributed by atoms with E-state index in [2.05, 4.69) is 97.1 Å². The second-order valence-corrected chi connectivity index (χ2v) is 10.0. The van der Waals surface area contributed by atoms with Crippen molar-refractivity contribution in [2.45, 2.75) is 6.92 Å². The first-order valence-electron chi connectivity index (χ1n) is 9.00. The van der Waals surface area contributed by atoms with Gasteiger partial charge in [-0.15, -0.1) is 0 Å². The number of rotatable bonds is 4. The van der Waals surface area contributed by atoms with Crippen LogP contribution in [0, 0.1) is 6.92 Å². The number of benzene rings is 3. The Bertz CT molecular complexity index is 989. The Kier molecular flexibility index (Phi) is 8.72. The summed E-state index contributed by atoms with van der Waals surface area (Å²) in [4.78, 5) is 4.78. The maximum atomic E-state index is 4.78. The standard InChI is InChI=1S/C24H20NP.2ClH.Ni/c1-19-11-10-17-23(25-19)22-16-8-9-18-24(22)26(20-12-4-2-5-13-20)21-14-6-3-7-15-21;;;/h2-18H,1H3;2*1H;/q;;;+2/p-2. The third-order valence-corrected chi connectivity index (χ3v) is 6.84. The van der Waals surface area contributed by atoms with Crippen molar-refractivity contribution in [2.24, 2.45) is 0 Å². The molecule has 0 saturated heterocycles. The van der Waals surface area contributed by atoms with Crippen LogP contribution in [0.4, 0.5) is 0 Å². The van der Waals surface area contributed by atoms with Crippen molar-refractivity contribution in [3.63, 3.8) is 0 Å². The fourth-order valence-electron chi connectivity index (χ4n) is 3.16. The number of pyridine rings is 1. The summed E-state index contributed by atoms with van der Waals surface area (Å²) in [6, 6.07) is 36.5. The third kappa shape index (κ3) is 5.91. The molecule has 0 unspecified atom stereocenters. The quantitative estimate of drug-likeness (QED) is 0.249. The fraction of sp³-hybridized carbons (Fsp3) is 0.0417. The Morgan fingerprint density at radius 2 is 1.17 bits per heavy atom. The molecule has 29 heavy (non-hydrogen) atoms. The van der Waals surface area contributed by atoms with Gasteiger partial charge in [-0.1, -0.05) is 91.0 Å². The SMILES string of the molecule is Cc1cccc(-c2ccccc2P(c2ccccc2)c2ccccc2)n1.[Cl][Ni][Cl]. The van der Waals surface area contributed by atoms with Gasteiger partial charge in [0.15, 0.2) is 0 Å². The van der Waals surface area contributed by atoms with E-state index in [9.17, 15) is 0 Å². The van der Waals surface area contributed by atoms with Crippen LogP contribution in [0.25, 0.3) is 11.3 Å². The van der Waals surface area contributed by atoms with Gasteiger partial charge in [0.2, 0.25) is 0 Å². The average Bonchev–Trinajstić information content (AvgIpc) is 2.76. The van der Waals surface area contributed by atoms with Crippen molar-refractivity contribution in [1.82, 2.24) is 4.98 Å². The van der Waals surface area contributed by atoms with Crippen molar-refractivity contribution in [3.05, 3.63) is 109 Å². The third-order valence-electron chi connectivity index (χ3n) is 4.34. The first kappa shape index (κ1) is 22.0. The van der Waals surface area contributed by atoms with E-state index in [1.165, 1.54) is 21.5 Å². The molecule has 4 aromatic rings. The van der Waals surface area contributed by atoms with Gasteiger partial charge in [-0.25, -0.2) is 0 Å². The van der Waals surface area contributed by atoms with E-state index < -0.39 is 7.92 Å². The van der Waals surface area contributed by atoms with Crippen LogP contribution >= 0.6 is 28.3 Å². The molecular weight excluding hydrogens is 463 g/mol. The van der Waals surface area contributed by atoms with E-state index in [-0.39, 0.29) is 0 Å². The molecule has 3 aromatic carbocycles. The van der Waals surface area contributed by atoms with Gasteiger partial charge in [0.25, 0.3) is 0 Å². The van der Waals surface area contributed by atoms with Crippen LogP contribution in [0.3, 0.4) is 0 Å². The number of aryl methyl sites for hydroxylation is 1. The van der Waals surface area contributed by atoms with Crippen LogP contribution in [0.15, 0.2) is 103 Å². The first-order chi connectivity index (χ1) is 14.2. The number of aromatic nitrogens is 1.